The zero-order valence-corrected chi connectivity index (χ0v) is 14.8. The molecule has 2 rings (SSSR count). The lowest BCUT2D eigenvalue weighted by atomic mass is 10.2. The van der Waals surface area contributed by atoms with E-state index < -0.39 is 22.3 Å². The van der Waals surface area contributed by atoms with Gasteiger partial charge in [-0.15, -0.1) is 0 Å². The minimum Gasteiger partial charge on any atom is -0.502 e. The number of nitro groups is 1. The highest BCUT2D eigenvalue weighted by Crippen LogP contribution is 2.28. The molecule has 2 aromatic rings. The van der Waals surface area contributed by atoms with Crippen molar-refractivity contribution in [3.63, 3.8) is 0 Å². The van der Waals surface area contributed by atoms with Gasteiger partial charge in [0.15, 0.2) is 12.4 Å². The van der Waals surface area contributed by atoms with Crippen LogP contribution in [-0.4, -0.2) is 28.8 Å². The van der Waals surface area contributed by atoms with E-state index in [1.54, 1.807) is 18.2 Å². The molecule has 0 spiro atoms. The summed E-state index contributed by atoms with van der Waals surface area (Å²) in [6, 6.07) is 8.58. The second-order valence-electron chi connectivity index (χ2n) is 4.66. The van der Waals surface area contributed by atoms with Crippen molar-refractivity contribution < 1.29 is 19.6 Å². The van der Waals surface area contributed by atoms with E-state index in [-0.39, 0.29) is 6.61 Å². The average Bonchev–Trinajstić information content (AvgIpc) is 2.55. The molecule has 0 unspecified atom stereocenters. The molecule has 0 bridgehead atoms. The molecule has 2 N–H and O–H groups in total. The van der Waals surface area contributed by atoms with E-state index in [0.29, 0.717) is 20.8 Å². The SMILES string of the molecule is O=C(COc1ccc(Cl)cc1Br)N/N=C\c1ccc(O)c([N+](=O)[O-])c1. The lowest BCUT2D eigenvalue weighted by Crippen LogP contribution is -2.24. The number of benzene rings is 2. The largest absolute Gasteiger partial charge is 0.502 e. The molecule has 130 valence electrons. The number of carbonyl (C=O) groups excluding carboxylic acids is 1. The summed E-state index contributed by atoms with van der Waals surface area (Å²) in [7, 11) is 0. The normalized spacial score (nSPS) is 10.6. The van der Waals surface area contributed by atoms with Crippen LogP contribution < -0.4 is 10.2 Å². The zero-order chi connectivity index (χ0) is 18.4. The van der Waals surface area contributed by atoms with Gasteiger partial charge in [-0.25, -0.2) is 5.43 Å². The van der Waals surface area contributed by atoms with Gasteiger partial charge in [0.2, 0.25) is 0 Å². The summed E-state index contributed by atoms with van der Waals surface area (Å²) in [6.07, 6.45) is 1.21. The molecule has 0 aliphatic rings. The third-order valence-corrected chi connectivity index (χ3v) is 3.71. The summed E-state index contributed by atoms with van der Waals surface area (Å²) >= 11 is 9.06. The lowest BCUT2D eigenvalue weighted by molar-refractivity contribution is -0.385. The molecule has 0 aliphatic heterocycles. The molecule has 2 aromatic carbocycles. The van der Waals surface area contributed by atoms with Crippen molar-refractivity contribution in [2.24, 2.45) is 5.10 Å². The quantitative estimate of drug-likeness (QED) is 0.416. The van der Waals surface area contributed by atoms with Crippen molar-refractivity contribution in [3.05, 3.63) is 61.6 Å². The number of hydrogen-bond acceptors (Lipinski definition) is 6. The summed E-state index contributed by atoms with van der Waals surface area (Å²) in [5.74, 6) is -0.530. The number of aromatic hydroxyl groups is 1. The van der Waals surface area contributed by atoms with Gasteiger partial charge in [0, 0.05) is 16.7 Å². The minimum absolute atomic E-state index is 0.284. The fourth-order valence-corrected chi connectivity index (χ4v) is 2.51. The lowest BCUT2D eigenvalue weighted by Gasteiger charge is -2.07. The van der Waals surface area contributed by atoms with Gasteiger partial charge in [0.25, 0.3) is 5.91 Å². The summed E-state index contributed by atoms with van der Waals surface area (Å²) in [5, 5.41) is 24.3. The number of amides is 1. The van der Waals surface area contributed by atoms with Gasteiger partial charge >= 0.3 is 5.69 Å². The van der Waals surface area contributed by atoms with Crippen LogP contribution in [0.25, 0.3) is 0 Å². The fourth-order valence-electron chi connectivity index (χ4n) is 1.71. The topological polar surface area (TPSA) is 114 Å². The fraction of sp³-hybridized carbons (Fsp3) is 0.0667. The van der Waals surface area contributed by atoms with Crippen LogP contribution >= 0.6 is 27.5 Å². The molecule has 0 atom stereocenters. The number of ether oxygens (including phenoxy) is 1. The van der Waals surface area contributed by atoms with Crippen molar-refractivity contribution in [3.8, 4) is 11.5 Å². The molecule has 10 heteroatoms. The molecule has 0 aromatic heterocycles. The number of phenolic OH excluding ortho intramolecular Hbond substituents is 1. The number of carbonyl (C=O) groups is 1. The zero-order valence-electron chi connectivity index (χ0n) is 12.5. The number of hydrogen-bond donors (Lipinski definition) is 2. The van der Waals surface area contributed by atoms with Crippen LogP contribution in [0.3, 0.4) is 0 Å². The van der Waals surface area contributed by atoms with Crippen molar-refractivity contribution in [2.75, 3.05) is 6.61 Å². The van der Waals surface area contributed by atoms with E-state index in [1.807, 2.05) is 0 Å². The van der Waals surface area contributed by atoms with Crippen LogP contribution in [0.15, 0.2) is 46.0 Å². The van der Waals surface area contributed by atoms with Gasteiger partial charge in [-0.05, 0) is 46.3 Å². The Morgan fingerprint density at radius 1 is 1.40 bits per heavy atom. The number of nitrogens with zero attached hydrogens (tertiary/aromatic N) is 2. The van der Waals surface area contributed by atoms with E-state index in [9.17, 15) is 20.0 Å². The molecule has 0 aliphatic carbocycles. The number of nitrogens with one attached hydrogen (secondary N) is 1. The van der Waals surface area contributed by atoms with Gasteiger partial charge in [-0.3, -0.25) is 14.9 Å². The van der Waals surface area contributed by atoms with Crippen molar-refractivity contribution in [1.82, 2.24) is 5.43 Å². The van der Waals surface area contributed by atoms with E-state index in [1.165, 1.54) is 18.3 Å². The Hall–Kier alpha value is -2.65. The van der Waals surface area contributed by atoms with Crippen LogP contribution in [-0.2, 0) is 4.79 Å². The monoisotopic (exact) mass is 427 g/mol. The smallest absolute Gasteiger partial charge is 0.311 e. The number of rotatable bonds is 6. The highest BCUT2D eigenvalue weighted by atomic mass is 79.9. The van der Waals surface area contributed by atoms with Crippen LogP contribution in [0, 0.1) is 10.1 Å². The Balaban J connectivity index is 1.90. The van der Waals surface area contributed by atoms with Crippen molar-refractivity contribution in [1.29, 1.82) is 0 Å². The predicted octanol–water partition coefficient (Wildman–Crippen LogP) is 3.25. The van der Waals surface area contributed by atoms with Crippen LogP contribution in [0.5, 0.6) is 11.5 Å². The highest BCUT2D eigenvalue weighted by Gasteiger charge is 2.12. The molecule has 25 heavy (non-hydrogen) atoms. The Bertz CT molecular complexity index is 844. The Labute approximate surface area is 155 Å². The molecule has 1 amide bonds. The maximum absolute atomic E-state index is 11.7. The molecular formula is C15H11BrClN3O5. The molecule has 0 fully saturated rings. The second-order valence-corrected chi connectivity index (χ2v) is 5.95. The maximum Gasteiger partial charge on any atom is 0.311 e. The predicted molar refractivity (Wildman–Crippen MR) is 95.1 cm³/mol. The first-order valence-corrected chi connectivity index (χ1v) is 7.91. The highest BCUT2D eigenvalue weighted by molar-refractivity contribution is 9.10. The van der Waals surface area contributed by atoms with Crippen molar-refractivity contribution in [2.45, 2.75) is 0 Å². The number of phenols is 1. The summed E-state index contributed by atoms with van der Waals surface area (Å²) in [5.41, 5.74) is 2.11. The van der Waals surface area contributed by atoms with Crippen LogP contribution in [0.4, 0.5) is 5.69 Å². The average molecular weight is 429 g/mol. The van der Waals surface area contributed by atoms with E-state index in [4.69, 9.17) is 16.3 Å². The van der Waals surface area contributed by atoms with Crippen LogP contribution in [0.1, 0.15) is 5.56 Å². The van der Waals surface area contributed by atoms with Crippen LogP contribution in [0.2, 0.25) is 5.02 Å². The van der Waals surface area contributed by atoms with Gasteiger partial charge in [-0.1, -0.05) is 11.6 Å². The number of hydrazone groups is 1. The third-order valence-electron chi connectivity index (χ3n) is 2.85. The van der Waals surface area contributed by atoms with Crippen molar-refractivity contribution >= 4 is 45.3 Å². The first-order chi connectivity index (χ1) is 11.9. The Kier molecular flexibility index (Phi) is 6.31. The molecule has 0 heterocycles. The summed E-state index contributed by atoms with van der Waals surface area (Å²) < 4.78 is 5.91. The summed E-state index contributed by atoms with van der Waals surface area (Å²) in [4.78, 5) is 21.7. The third kappa shape index (κ3) is 5.44. The first-order valence-electron chi connectivity index (χ1n) is 6.74. The Morgan fingerprint density at radius 3 is 2.84 bits per heavy atom. The molecule has 0 saturated heterocycles. The molecule has 8 nitrogen and oxygen atoms in total. The van der Waals surface area contributed by atoms with Gasteiger partial charge in [-0.2, -0.15) is 5.10 Å². The van der Waals surface area contributed by atoms with E-state index in [2.05, 4.69) is 26.5 Å². The number of nitro benzene ring substituents is 1. The molecular weight excluding hydrogens is 418 g/mol. The van der Waals surface area contributed by atoms with E-state index in [0.717, 1.165) is 6.07 Å². The maximum atomic E-state index is 11.7. The standard InChI is InChI=1S/C15H11BrClN3O5/c16-11-6-10(17)2-4-14(11)25-8-15(22)19-18-7-9-1-3-13(21)12(5-9)20(23)24/h1-7,21H,8H2,(H,19,22)/b18-7-. The molecule has 0 radical (unpaired) electrons. The molecule has 0 saturated carbocycles. The van der Waals surface area contributed by atoms with Gasteiger partial charge in [0.1, 0.15) is 5.75 Å². The minimum atomic E-state index is -0.719. The van der Waals surface area contributed by atoms with E-state index >= 15 is 0 Å². The number of halogens is 2. The Morgan fingerprint density at radius 2 is 2.16 bits per heavy atom. The summed E-state index contributed by atoms with van der Waals surface area (Å²) in [6.45, 7) is -0.284. The van der Waals surface area contributed by atoms with Gasteiger partial charge < -0.3 is 9.84 Å². The second kappa shape index (κ2) is 8.45. The first kappa shape index (κ1) is 18.7. The van der Waals surface area contributed by atoms with Gasteiger partial charge in [0.05, 0.1) is 15.6 Å².